The number of rotatable bonds is 6. The van der Waals surface area contributed by atoms with Crippen LogP contribution in [-0.4, -0.2) is 54.9 Å². The molecule has 0 saturated carbocycles. The number of aromatic carboxylic acids is 1. The highest BCUT2D eigenvalue weighted by molar-refractivity contribution is 7.88. The monoisotopic (exact) mass is 374 g/mol. The maximum Gasteiger partial charge on any atom is 0.335 e. The highest BCUT2D eigenvalue weighted by Crippen LogP contribution is 2.16. The molecule has 6 nitrogen and oxygen atoms in total. The molecule has 0 unspecified atom stereocenters. The molecule has 1 aliphatic rings. The molecule has 0 aromatic heterocycles. The van der Waals surface area contributed by atoms with Crippen molar-refractivity contribution in [2.45, 2.75) is 12.3 Å². The number of carboxylic acid groups (broad SMARTS) is 1. The van der Waals surface area contributed by atoms with E-state index in [0.717, 1.165) is 11.1 Å². The van der Waals surface area contributed by atoms with Crippen molar-refractivity contribution in [2.75, 3.05) is 26.2 Å². The largest absolute Gasteiger partial charge is 0.478 e. The number of hydrogen-bond donors (Lipinski definition) is 1. The molecular formula is C19H22N2O4S. The van der Waals surface area contributed by atoms with E-state index in [1.807, 2.05) is 36.4 Å². The van der Waals surface area contributed by atoms with Crippen LogP contribution >= 0.6 is 0 Å². The van der Waals surface area contributed by atoms with Crippen LogP contribution in [0.3, 0.4) is 0 Å². The van der Waals surface area contributed by atoms with Crippen molar-refractivity contribution in [1.29, 1.82) is 0 Å². The molecule has 7 heteroatoms. The highest BCUT2D eigenvalue weighted by atomic mass is 32.2. The van der Waals surface area contributed by atoms with Gasteiger partial charge in [-0.1, -0.05) is 42.5 Å². The quantitative estimate of drug-likeness (QED) is 0.837. The topological polar surface area (TPSA) is 77.9 Å². The Morgan fingerprint density at radius 3 is 2.23 bits per heavy atom. The van der Waals surface area contributed by atoms with Gasteiger partial charge in [-0.25, -0.2) is 13.2 Å². The minimum atomic E-state index is -3.32. The fourth-order valence-electron chi connectivity index (χ4n) is 3.10. The lowest BCUT2D eigenvalue weighted by Gasteiger charge is -2.34. The van der Waals surface area contributed by atoms with E-state index >= 15 is 0 Å². The third kappa shape index (κ3) is 4.69. The van der Waals surface area contributed by atoms with Crippen LogP contribution in [0.4, 0.5) is 0 Å². The zero-order valence-electron chi connectivity index (χ0n) is 14.4. The van der Waals surface area contributed by atoms with Crippen LogP contribution in [0, 0.1) is 0 Å². The van der Waals surface area contributed by atoms with E-state index in [9.17, 15) is 13.2 Å². The summed E-state index contributed by atoms with van der Waals surface area (Å²) in [7, 11) is -3.32. The fraction of sp³-hybridized carbons (Fsp3) is 0.316. The number of hydrogen-bond acceptors (Lipinski definition) is 4. The van der Waals surface area contributed by atoms with Gasteiger partial charge < -0.3 is 5.11 Å². The smallest absolute Gasteiger partial charge is 0.335 e. The van der Waals surface area contributed by atoms with E-state index in [1.54, 1.807) is 22.5 Å². The summed E-state index contributed by atoms with van der Waals surface area (Å²) < 4.78 is 26.7. The molecule has 2 aromatic rings. The Hall–Kier alpha value is -2.22. The Balaban J connectivity index is 1.57. The average Bonchev–Trinajstić information content (AvgIpc) is 2.63. The molecule has 3 rings (SSSR count). The van der Waals surface area contributed by atoms with E-state index in [-0.39, 0.29) is 11.3 Å². The minimum Gasteiger partial charge on any atom is -0.478 e. The second-order valence-electron chi connectivity index (χ2n) is 6.42. The molecule has 1 fully saturated rings. The number of carboxylic acids is 1. The Bertz CT molecular complexity index is 860. The van der Waals surface area contributed by atoms with Crippen LogP contribution in [0.2, 0.25) is 0 Å². The lowest BCUT2D eigenvalue weighted by Crippen LogP contribution is -2.48. The summed E-state index contributed by atoms with van der Waals surface area (Å²) in [6, 6.07) is 16.1. The fourth-order valence-corrected chi connectivity index (χ4v) is 4.62. The third-order valence-electron chi connectivity index (χ3n) is 4.50. The molecule has 0 atom stereocenters. The van der Waals surface area contributed by atoms with Crippen LogP contribution in [0.1, 0.15) is 21.5 Å². The van der Waals surface area contributed by atoms with Crippen molar-refractivity contribution < 1.29 is 18.3 Å². The van der Waals surface area contributed by atoms with Crippen molar-refractivity contribution in [3.63, 3.8) is 0 Å². The van der Waals surface area contributed by atoms with E-state index in [4.69, 9.17) is 5.11 Å². The van der Waals surface area contributed by atoms with Gasteiger partial charge in [0.05, 0.1) is 11.3 Å². The van der Waals surface area contributed by atoms with Gasteiger partial charge in [-0.05, 0) is 23.3 Å². The summed E-state index contributed by atoms with van der Waals surface area (Å²) in [5.41, 5.74) is 1.98. The Morgan fingerprint density at radius 1 is 0.923 bits per heavy atom. The summed E-state index contributed by atoms with van der Waals surface area (Å²) in [6.45, 7) is 2.78. The van der Waals surface area contributed by atoms with Crippen molar-refractivity contribution in [3.8, 4) is 0 Å². The summed E-state index contributed by atoms with van der Waals surface area (Å²) in [6.07, 6.45) is 0. The zero-order valence-corrected chi connectivity index (χ0v) is 15.2. The summed E-state index contributed by atoms with van der Waals surface area (Å²) >= 11 is 0. The molecule has 2 aromatic carbocycles. The first-order valence-electron chi connectivity index (χ1n) is 8.50. The maximum absolute atomic E-state index is 12.6. The van der Waals surface area contributed by atoms with Crippen LogP contribution in [-0.2, 0) is 22.3 Å². The molecular weight excluding hydrogens is 352 g/mol. The van der Waals surface area contributed by atoms with Gasteiger partial charge in [-0.3, -0.25) is 4.90 Å². The molecule has 1 N–H and O–H groups in total. The molecule has 0 spiro atoms. The van der Waals surface area contributed by atoms with Crippen molar-refractivity contribution in [2.24, 2.45) is 0 Å². The summed E-state index contributed by atoms with van der Waals surface area (Å²) in [5.74, 6) is -0.919. The van der Waals surface area contributed by atoms with Crippen LogP contribution in [0.15, 0.2) is 54.6 Å². The third-order valence-corrected chi connectivity index (χ3v) is 6.35. The zero-order chi connectivity index (χ0) is 18.6. The van der Waals surface area contributed by atoms with E-state index in [0.29, 0.717) is 32.7 Å². The molecule has 0 aliphatic carbocycles. The van der Waals surface area contributed by atoms with Gasteiger partial charge in [0.2, 0.25) is 10.0 Å². The lowest BCUT2D eigenvalue weighted by atomic mass is 10.1. The van der Waals surface area contributed by atoms with E-state index < -0.39 is 16.0 Å². The van der Waals surface area contributed by atoms with Crippen molar-refractivity contribution in [1.82, 2.24) is 9.21 Å². The SMILES string of the molecule is O=C(O)c1cccc(CN2CCN(S(=O)(=O)Cc3ccccc3)CC2)c1. The maximum atomic E-state index is 12.6. The first-order valence-corrected chi connectivity index (χ1v) is 10.1. The molecule has 1 heterocycles. The Labute approximate surface area is 153 Å². The Kier molecular flexibility index (Phi) is 5.70. The average molecular weight is 374 g/mol. The summed E-state index contributed by atoms with van der Waals surface area (Å²) in [5, 5.41) is 9.07. The predicted molar refractivity (Wildman–Crippen MR) is 99.3 cm³/mol. The molecule has 1 saturated heterocycles. The summed E-state index contributed by atoms with van der Waals surface area (Å²) in [4.78, 5) is 13.2. The van der Waals surface area contributed by atoms with Crippen molar-refractivity contribution in [3.05, 3.63) is 71.3 Å². The van der Waals surface area contributed by atoms with Gasteiger partial charge in [0.15, 0.2) is 0 Å². The predicted octanol–water partition coefficient (Wildman–Crippen LogP) is 2.03. The molecule has 1 aliphatic heterocycles. The number of benzene rings is 2. The van der Waals surface area contributed by atoms with Gasteiger partial charge in [0.25, 0.3) is 0 Å². The Morgan fingerprint density at radius 2 is 1.58 bits per heavy atom. The second kappa shape index (κ2) is 7.99. The van der Waals surface area contributed by atoms with Crippen molar-refractivity contribution >= 4 is 16.0 Å². The first kappa shape index (κ1) is 18.6. The normalized spacial score (nSPS) is 16.5. The minimum absolute atomic E-state index is 0.0223. The number of piperazine rings is 1. The van der Waals surface area contributed by atoms with E-state index in [1.165, 1.54) is 0 Å². The van der Waals surface area contributed by atoms with Crippen LogP contribution < -0.4 is 0 Å². The standard InChI is InChI=1S/C19H22N2O4S/c22-19(23)18-8-4-7-17(13-18)14-20-9-11-21(12-10-20)26(24,25)15-16-5-2-1-3-6-16/h1-8,13H,9-12,14-15H2,(H,22,23). The highest BCUT2D eigenvalue weighted by Gasteiger charge is 2.27. The molecule has 0 amide bonds. The molecule has 0 bridgehead atoms. The van der Waals surface area contributed by atoms with Crippen LogP contribution in [0.5, 0.6) is 0 Å². The number of carbonyl (C=O) groups is 1. The number of sulfonamides is 1. The molecule has 26 heavy (non-hydrogen) atoms. The van der Waals surface area contributed by atoms with Gasteiger partial charge in [-0.15, -0.1) is 0 Å². The van der Waals surface area contributed by atoms with Crippen LogP contribution in [0.25, 0.3) is 0 Å². The first-order chi connectivity index (χ1) is 12.4. The molecule has 138 valence electrons. The van der Waals surface area contributed by atoms with E-state index in [2.05, 4.69) is 4.90 Å². The second-order valence-corrected chi connectivity index (χ2v) is 8.39. The van der Waals surface area contributed by atoms with Gasteiger partial charge in [-0.2, -0.15) is 4.31 Å². The van der Waals surface area contributed by atoms with Gasteiger partial charge in [0.1, 0.15) is 0 Å². The number of nitrogens with zero attached hydrogens (tertiary/aromatic N) is 2. The molecule has 0 radical (unpaired) electrons. The van der Waals surface area contributed by atoms with Gasteiger partial charge >= 0.3 is 5.97 Å². The lowest BCUT2D eigenvalue weighted by molar-refractivity contribution is 0.0696. The van der Waals surface area contributed by atoms with Gasteiger partial charge in [0, 0.05) is 32.7 Å².